The van der Waals surface area contributed by atoms with Gasteiger partial charge in [-0.15, -0.1) is 0 Å². The van der Waals surface area contributed by atoms with Crippen molar-refractivity contribution in [1.82, 2.24) is 5.32 Å². The predicted molar refractivity (Wildman–Crippen MR) is 114 cm³/mol. The number of ether oxygens (including phenoxy) is 5. The Morgan fingerprint density at radius 1 is 0.789 bits per heavy atom. The molecule has 18 heteroatoms. The summed E-state index contributed by atoms with van der Waals surface area (Å²) >= 11 is 0. The Labute approximate surface area is 215 Å². The first kappa shape index (κ1) is 31.4. The molecule has 0 unspecified atom stereocenters. The maximum absolute atomic E-state index is 11.7. The summed E-state index contributed by atoms with van der Waals surface area (Å²) < 4.78 is 26.9. The highest BCUT2D eigenvalue weighted by atomic mass is 16.7. The molecule has 3 aliphatic rings. The van der Waals surface area contributed by atoms with E-state index in [-0.39, 0.29) is 0 Å². The van der Waals surface area contributed by atoms with Crippen LogP contribution in [0, 0.1) is 0 Å². The van der Waals surface area contributed by atoms with Gasteiger partial charge in [0.15, 0.2) is 18.9 Å². The summed E-state index contributed by atoms with van der Waals surface area (Å²) in [5.41, 5.74) is 0. The lowest BCUT2D eigenvalue weighted by Gasteiger charge is -2.44. The van der Waals surface area contributed by atoms with Gasteiger partial charge in [-0.05, 0) is 0 Å². The van der Waals surface area contributed by atoms with Crippen molar-refractivity contribution in [2.24, 2.45) is 0 Å². The van der Waals surface area contributed by atoms with E-state index in [2.05, 4.69) is 5.32 Å². The van der Waals surface area contributed by atoms with Crippen molar-refractivity contribution in [3.63, 3.8) is 0 Å². The standard InChI is InChI=1S/C20H35NO17/c22-1-5(25)16-13(30)15(32)20(37-16)38-17-7(35-18(33)9(11(17)28)21-8(26)3-24)4-34-19-14(31)12(29)10(27)6(2-23)36-19/h5-7,9-20,22-25,27-33H,1-4H2,(H,21,26)/t5-,6+,7+,9+,10-,11+,12-,13-,14+,15-,16+,17+,18-,19+,20+/m0/s1. The second-order valence-corrected chi connectivity index (χ2v) is 9.14. The van der Waals surface area contributed by atoms with Crippen LogP contribution in [-0.2, 0) is 28.5 Å². The number of hydrogen-bond acceptors (Lipinski definition) is 17. The third-order valence-corrected chi connectivity index (χ3v) is 6.55. The first-order chi connectivity index (χ1) is 17.9. The van der Waals surface area contributed by atoms with Gasteiger partial charge in [0.25, 0.3) is 0 Å². The van der Waals surface area contributed by atoms with Crippen LogP contribution in [0.2, 0.25) is 0 Å². The van der Waals surface area contributed by atoms with Gasteiger partial charge in [-0.2, -0.15) is 0 Å². The van der Waals surface area contributed by atoms with Crippen LogP contribution in [0.4, 0.5) is 0 Å². The van der Waals surface area contributed by atoms with E-state index in [1.54, 1.807) is 0 Å². The van der Waals surface area contributed by atoms with Gasteiger partial charge in [0.1, 0.15) is 79.8 Å². The largest absolute Gasteiger partial charge is 0.394 e. The minimum absolute atomic E-state index is 0.657. The second kappa shape index (κ2) is 13.5. The fourth-order valence-electron chi connectivity index (χ4n) is 4.38. The molecule has 15 atom stereocenters. The summed E-state index contributed by atoms with van der Waals surface area (Å²) in [6, 6.07) is -1.58. The minimum Gasteiger partial charge on any atom is -0.394 e. The van der Waals surface area contributed by atoms with E-state index in [1.807, 2.05) is 0 Å². The molecular formula is C20H35NO17. The van der Waals surface area contributed by atoms with Crippen LogP contribution in [0.15, 0.2) is 0 Å². The van der Waals surface area contributed by atoms with Gasteiger partial charge in [0, 0.05) is 0 Å². The van der Waals surface area contributed by atoms with Crippen molar-refractivity contribution >= 4 is 5.91 Å². The zero-order valence-electron chi connectivity index (χ0n) is 19.9. The summed E-state index contributed by atoms with van der Waals surface area (Å²) in [5.74, 6) is -0.995. The quantitative estimate of drug-likeness (QED) is 0.118. The molecule has 38 heavy (non-hydrogen) atoms. The van der Waals surface area contributed by atoms with Gasteiger partial charge in [-0.1, -0.05) is 0 Å². The minimum atomic E-state index is -1.90. The number of aliphatic hydroxyl groups excluding tert-OH is 11. The summed E-state index contributed by atoms with van der Waals surface area (Å²) in [4.78, 5) is 11.7. The zero-order chi connectivity index (χ0) is 28.3. The van der Waals surface area contributed by atoms with Crippen molar-refractivity contribution in [3.05, 3.63) is 0 Å². The van der Waals surface area contributed by atoms with Gasteiger partial charge in [0.2, 0.25) is 5.91 Å². The lowest BCUT2D eigenvalue weighted by molar-refractivity contribution is -0.330. The number of aliphatic hydroxyl groups is 11. The first-order valence-corrected chi connectivity index (χ1v) is 11.7. The van der Waals surface area contributed by atoms with Crippen LogP contribution in [0.5, 0.6) is 0 Å². The molecule has 0 saturated carbocycles. The molecule has 0 aromatic carbocycles. The highest BCUT2D eigenvalue weighted by Crippen LogP contribution is 2.31. The van der Waals surface area contributed by atoms with Crippen molar-refractivity contribution in [3.8, 4) is 0 Å². The molecule has 18 nitrogen and oxygen atoms in total. The number of rotatable bonds is 10. The molecule has 0 radical (unpaired) electrons. The molecule has 0 aromatic rings. The van der Waals surface area contributed by atoms with Crippen LogP contribution < -0.4 is 5.32 Å². The summed E-state index contributed by atoms with van der Waals surface area (Å²) in [6.07, 6.45) is -23.3. The van der Waals surface area contributed by atoms with Gasteiger partial charge in [-0.3, -0.25) is 4.79 Å². The number of amides is 1. The van der Waals surface area contributed by atoms with Crippen LogP contribution >= 0.6 is 0 Å². The monoisotopic (exact) mass is 561 g/mol. The summed E-state index contributed by atoms with van der Waals surface area (Å²) in [6.45, 7) is -3.22. The molecule has 3 aliphatic heterocycles. The van der Waals surface area contributed by atoms with Crippen LogP contribution in [0.1, 0.15) is 0 Å². The Bertz CT molecular complexity index is 761. The average molecular weight is 561 g/mol. The van der Waals surface area contributed by atoms with Crippen molar-refractivity contribution in [1.29, 1.82) is 0 Å². The van der Waals surface area contributed by atoms with Crippen molar-refractivity contribution in [2.45, 2.75) is 92.1 Å². The number of nitrogens with one attached hydrogen (secondary N) is 1. The van der Waals surface area contributed by atoms with E-state index in [0.29, 0.717) is 0 Å². The highest BCUT2D eigenvalue weighted by Gasteiger charge is 2.53. The molecule has 0 aromatic heterocycles. The number of carbonyl (C=O) groups excluding carboxylic acids is 1. The molecule has 222 valence electrons. The summed E-state index contributed by atoms with van der Waals surface area (Å²) in [5, 5.41) is 111. The molecule has 12 N–H and O–H groups in total. The molecule has 0 bridgehead atoms. The van der Waals surface area contributed by atoms with Crippen LogP contribution in [0.25, 0.3) is 0 Å². The lowest BCUT2D eigenvalue weighted by Crippen LogP contribution is -2.66. The van der Waals surface area contributed by atoms with Crippen LogP contribution in [0.3, 0.4) is 0 Å². The fraction of sp³-hybridized carbons (Fsp3) is 0.950. The van der Waals surface area contributed by atoms with E-state index < -0.39 is 124 Å². The molecular weight excluding hydrogens is 526 g/mol. The first-order valence-electron chi connectivity index (χ1n) is 11.7. The van der Waals surface area contributed by atoms with Crippen molar-refractivity contribution < 1.29 is 84.7 Å². The third-order valence-electron chi connectivity index (χ3n) is 6.55. The molecule has 3 heterocycles. The highest BCUT2D eigenvalue weighted by molar-refractivity contribution is 5.77. The molecule has 1 amide bonds. The maximum Gasteiger partial charge on any atom is 0.246 e. The van der Waals surface area contributed by atoms with E-state index >= 15 is 0 Å². The van der Waals surface area contributed by atoms with E-state index in [0.717, 1.165) is 0 Å². The maximum atomic E-state index is 11.7. The SMILES string of the molecule is O=C(CO)N[C@@H]1[C@@H](O)[C@H](O[C@H]2O[C@H]([C@@H](O)CO)[C@@H](O)[C@@H]2O)[C@@H](CO[C@@H]2O[C@H](CO)[C@H](O)[C@H](O)[C@H]2O)O[C@@H]1O. The molecule has 3 fully saturated rings. The number of carbonyl (C=O) groups is 1. The van der Waals surface area contributed by atoms with E-state index in [9.17, 15) is 50.8 Å². The fourth-order valence-corrected chi connectivity index (χ4v) is 4.38. The molecule has 3 saturated heterocycles. The molecule has 0 aliphatic carbocycles. The predicted octanol–water partition coefficient (Wildman–Crippen LogP) is -8.46. The summed E-state index contributed by atoms with van der Waals surface area (Å²) in [7, 11) is 0. The zero-order valence-corrected chi connectivity index (χ0v) is 19.9. The van der Waals surface area contributed by atoms with Crippen molar-refractivity contribution in [2.75, 3.05) is 26.4 Å². The van der Waals surface area contributed by atoms with Crippen LogP contribution in [-0.4, -0.2) is 181 Å². The normalized spacial score (nSPS) is 46.6. The average Bonchev–Trinajstić information content (AvgIpc) is 3.19. The third kappa shape index (κ3) is 6.58. The second-order valence-electron chi connectivity index (χ2n) is 9.14. The lowest BCUT2D eigenvalue weighted by atomic mass is 9.96. The Balaban J connectivity index is 1.77. The van der Waals surface area contributed by atoms with Gasteiger partial charge in [-0.25, -0.2) is 0 Å². The smallest absolute Gasteiger partial charge is 0.246 e. The van der Waals surface area contributed by atoms with Gasteiger partial charge >= 0.3 is 0 Å². The number of hydrogen-bond donors (Lipinski definition) is 12. The van der Waals surface area contributed by atoms with Gasteiger partial charge in [0.05, 0.1) is 19.8 Å². The van der Waals surface area contributed by atoms with E-state index in [1.165, 1.54) is 0 Å². The Hall–Kier alpha value is -1.17. The van der Waals surface area contributed by atoms with E-state index in [4.69, 9.17) is 33.9 Å². The topological polar surface area (TPSA) is 298 Å². The molecule has 3 rings (SSSR count). The van der Waals surface area contributed by atoms with Gasteiger partial charge < -0.3 is 85.2 Å². The molecule has 0 spiro atoms. The Kier molecular flexibility index (Phi) is 11.1. The Morgan fingerprint density at radius 3 is 2.05 bits per heavy atom. The Morgan fingerprint density at radius 2 is 1.45 bits per heavy atom.